The Bertz CT molecular complexity index is 485. The Balaban J connectivity index is 2.76. The van der Waals surface area contributed by atoms with Crippen LogP contribution in [0.5, 0.6) is 0 Å². The third-order valence-corrected chi connectivity index (χ3v) is 2.84. The number of carboxylic acids is 1. The minimum atomic E-state index is -0.853. The van der Waals surface area contributed by atoms with Crippen LogP contribution in [0.1, 0.15) is 6.42 Å². The van der Waals surface area contributed by atoms with E-state index in [1.54, 1.807) is 0 Å². The van der Waals surface area contributed by atoms with Gasteiger partial charge in [-0.1, -0.05) is 5.92 Å². The van der Waals surface area contributed by atoms with Gasteiger partial charge in [-0.25, -0.2) is 0 Å². The number of anilines is 1. The summed E-state index contributed by atoms with van der Waals surface area (Å²) < 4.78 is 0. The van der Waals surface area contributed by atoms with E-state index in [0.717, 1.165) is 22.3 Å². The Kier molecular flexibility index (Phi) is 5.63. The smallest absolute Gasteiger partial charge is 0.305 e. The van der Waals surface area contributed by atoms with Crippen molar-refractivity contribution in [2.45, 2.75) is 11.3 Å². The SMILES string of the molecule is C#CCN(CCC(=O)O)c1ccc(SC#N)cc1. The molecule has 4 nitrogen and oxygen atoms in total. The second-order valence-corrected chi connectivity index (χ2v) is 4.31. The molecule has 0 spiro atoms. The van der Waals surface area contributed by atoms with Crippen LogP contribution in [0.25, 0.3) is 0 Å². The second kappa shape index (κ2) is 7.26. The number of nitrogens with zero attached hydrogens (tertiary/aromatic N) is 2. The lowest BCUT2D eigenvalue weighted by molar-refractivity contribution is -0.136. The van der Waals surface area contributed by atoms with Crippen LogP contribution in [0.3, 0.4) is 0 Å². The van der Waals surface area contributed by atoms with E-state index in [4.69, 9.17) is 16.8 Å². The van der Waals surface area contributed by atoms with E-state index in [-0.39, 0.29) is 6.42 Å². The van der Waals surface area contributed by atoms with Crippen molar-refractivity contribution in [3.63, 3.8) is 0 Å². The van der Waals surface area contributed by atoms with Crippen LogP contribution < -0.4 is 4.90 Å². The summed E-state index contributed by atoms with van der Waals surface area (Å²) in [4.78, 5) is 13.2. The first-order chi connectivity index (χ1) is 8.67. The summed E-state index contributed by atoms with van der Waals surface area (Å²) in [6, 6.07) is 7.29. The number of carboxylic acid groups (broad SMARTS) is 1. The zero-order valence-electron chi connectivity index (χ0n) is 9.67. The minimum Gasteiger partial charge on any atom is -0.481 e. The van der Waals surface area contributed by atoms with E-state index in [1.165, 1.54) is 0 Å². The second-order valence-electron chi connectivity index (χ2n) is 3.46. The molecule has 0 saturated carbocycles. The van der Waals surface area contributed by atoms with Gasteiger partial charge in [0.15, 0.2) is 0 Å². The van der Waals surface area contributed by atoms with E-state index < -0.39 is 5.97 Å². The highest BCUT2D eigenvalue weighted by atomic mass is 32.2. The van der Waals surface area contributed by atoms with E-state index in [1.807, 2.05) is 34.6 Å². The maximum absolute atomic E-state index is 10.6. The van der Waals surface area contributed by atoms with Crippen molar-refractivity contribution < 1.29 is 9.90 Å². The fraction of sp³-hybridized carbons (Fsp3) is 0.231. The molecule has 0 aromatic heterocycles. The number of rotatable bonds is 6. The molecular formula is C13H12N2O2S. The Morgan fingerprint density at radius 3 is 2.61 bits per heavy atom. The van der Waals surface area contributed by atoms with Gasteiger partial charge in [0.25, 0.3) is 0 Å². The zero-order valence-corrected chi connectivity index (χ0v) is 10.5. The number of carbonyl (C=O) groups is 1. The summed E-state index contributed by atoms with van der Waals surface area (Å²) in [5.41, 5.74) is 0.858. The molecule has 0 unspecified atom stereocenters. The normalized spacial score (nSPS) is 9.22. The number of terminal acetylenes is 1. The van der Waals surface area contributed by atoms with Crippen LogP contribution in [0, 0.1) is 23.0 Å². The summed E-state index contributed by atoms with van der Waals surface area (Å²) in [6.07, 6.45) is 5.30. The Morgan fingerprint density at radius 1 is 1.44 bits per heavy atom. The molecule has 0 atom stereocenters. The van der Waals surface area contributed by atoms with Crippen LogP contribution >= 0.6 is 11.8 Å². The van der Waals surface area contributed by atoms with Crippen LogP contribution in [-0.2, 0) is 4.79 Å². The third-order valence-electron chi connectivity index (χ3n) is 2.24. The van der Waals surface area contributed by atoms with Gasteiger partial charge in [0, 0.05) is 17.1 Å². The van der Waals surface area contributed by atoms with Crippen molar-refractivity contribution in [2.24, 2.45) is 0 Å². The molecule has 0 amide bonds. The highest BCUT2D eigenvalue weighted by Gasteiger charge is 2.07. The van der Waals surface area contributed by atoms with Crippen molar-refractivity contribution in [3.8, 4) is 17.7 Å². The number of nitriles is 1. The molecule has 0 fully saturated rings. The molecule has 18 heavy (non-hydrogen) atoms. The van der Waals surface area contributed by atoms with Gasteiger partial charge in [-0.3, -0.25) is 4.79 Å². The van der Waals surface area contributed by atoms with E-state index in [9.17, 15) is 4.79 Å². The Labute approximate surface area is 110 Å². The molecule has 5 heteroatoms. The number of benzene rings is 1. The number of thioether (sulfide) groups is 1. The van der Waals surface area contributed by atoms with Gasteiger partial charge in [-0.05, 0) is 36.0 Å². The van der Waals surface area contributed by atoms with Crippen LogP contribution in [-0.4, -0.2) is 24.2 Å². The van der Waals surface area contributed by atoms with Crippen molar-refractivity contribution in [3.05, 3.63) is 24.3 Å². The molecule has 0 aliphatic heterocycles. The highest BCUT2D eigenvalue weighted by molar-refractivity contribution is 8.03. The average Bonchev–Trinajstić information content (AvgIpc) is 2.36. The molecule has 0 saturated heterocycles. The van der Waals surface area contributed by atoms with Crippen molar-refractivity contribution in [1.82, 2.24) is 0 Å². The summed E-state index contributed by atoms with van der Waals surface area (Å²) in [6.45, 7) is 0.724. The topological polar surface area (TPSA) is 64.3 Å². The van der Waals surface area contributed by atoms with Crippen LogP contribution in [0.15, 0.2) is 29.2 Å². The molecule has 1 aromatic carbocycles. The van der Waals surface area contributed by atoms with Crippen molar-refractivity contribution in [2.75, 3.05) is 18.0 Å². The van der Waals surface area contributed by atoms with Gasteiger partial charge in [-0.2, -0.15) is 5.26 Å². The van der Waals surface area contributed by atoms with Crippen LogP contribution in [0.2, 0.25) is 0 Å². The lowest BCUT2D eigenvalue weighted by Crippen LogP contribution is -2.26. The lowest BCUT2D eigenvalue weighted by atomic mass is 10.2. The fourth-order valence-corrected chi connectivity index (χ4v) is 1.80. The summed E-state index contributed by atoms with van der Waals surface area (Å²) in [7, 11) is 0. The maximum Gasteiger partial charge on any atom is 0.305 e. The Hall–Kier alpha value is -2.11. The van der Waals surface area contributed by atoms with Gasteiger partial charge in [0.05, 0.1) is 13.0 Å². The molecular weight excluding hydrogens is 248 g/mol. The van der Waals surface area contributed by atoms with E-state index >= 15 is 0 Å². The van der Waals surface area contributed by atoms with E-state index in [2.05, 4.69) is 5.92 Å². The van der Waals surface area contributed by atoms with Gasteiger partial charge in [-0.15, -0.1) is 6.42 Å². The first kappa shape index (κ1) is 14.0. The fourth-order valence-electron chi connectivity index (χ4n) is 1.42. The molecule has 0 aliphatic carbocycles. The number of hydrogen-bond acceptors (Lipinski definition) is 4. The number of aliphatic carboxylic acids is 1. The monoisotopic (exact) mass is 260 g/mol. The number of thiocyanates is 1. The summed E-state index contributed by atoms with van der Waals surface area (Å²) in [5.74, 6) is 1.65. The summed E-state index contributed by atoms with van der Waals surface area (Å²) in [5, 5.41) is 19.2. The zero-order chi connectivity index (χ0) is 13.4. The molecule has 92 valence electrons. The first-order valence-corrected chi connectivity index (χ1v) is 6.05. The minimum absolute atomic E-state index is 0.0381. The summed E-state index contributed by atoms with van der Waals surface area (Å²) >= 11 is 1.08. The lowest BCUT2D eigenvalue weighted by Gasteiger charge is -2.21. The third kappa shape index (κ3) is 4.40. The predicted octanol–water partition coefficient (Wildman–Crippen LogP) is 2.17. The van der Waals surface area contributed by atoms with E-state index in [0.29, 0.717) is 13.1 Å². The van der Waals surface area contributed by atoms with Gasteiger partial charge in [0.2, 0.25) is 0 Å². The van der Waals surface area contributed by atoms with Crippen LogP contribution in [0.4, 0.5) is 5.69 Å². The quantitative estimate of drug-likeness (QED) is 0.482. The molecule has 0 aliphatic rings. The highest BCUT2D eigenvalue weighted by Crippen LogP contribution is 2.21. The maximum atomic E-state index is 10.6. The standard InChI is InChI=1S/C13H12N2O2S/c1-2-8-15(9-7-13(16)17)11-3-5-12(6-4-11)18-10-14/h1,3-6H,7-9H2,(H,16,17). The van der Waals surface area contributed by atoms with Gasteiger partial charge in [0.1, 0.15) is 5.40 Å². The van der Waals surface area contributed by atoms with Crippen molar-refractivity contribution in [1.29, 1.82) is 5.26 Å². The molecule has 0 radical (unpaired) electrons. The molecule has 1 N–H and O–H groups in total. The van der Waals surface area contributed by atoms with Crippen molar-refractivity contribution >= 4 is 23.4 Å². The number of hydrogen-bond donors (Lipinski definition) is 1. The average molecular weight is 260 g/mol. The van der Waals surface area contributed by atoms with Gasteiger partial charge >= 0.3 is 5.97 Å². The largest absolute Gasteiger partial charge is 0.481 e. The Morgan fingerprint density at radius 2 is 2.11 bits per heavy atom. The molecule has 0 heterocycles. The molecule has 0 bridgehead atoms. The van der Waals surface area contributed by atoms with Gasteiger partial charge < -0.3 is 10.0 Å². The molecule has 1 aromatic rings. The first-order valence-electron chi connectivity index (χ1n) is 5.23. The molecule has 1 rings (SSSR count). The predicted molar refractivity (Wildman–Crippen MR) is 71.2 cm³/mol.